The molecule has 0 bridgehead atoms. The number of rotatable bonds is 3. The summed E-state index contributed by atoms with van der Waals surface area (Å²) in [7, 11) is 0. The predicted molar refractivity (Wildman–Crippen MR) is 69.4 cm³/mol. The maximum atomic E-state index is 11.3. The summed E-state index contributed by atoms with van der Waals surface area (Å²) < 4.78 is 1.37. The van der Waals surface area contributed by atoms with Gasteiger partial charge in [-0.3, -0.25) is 0 Å². The van der Waals surface area contributed by atoms with E-state index in [1.807, 2.05) is 16.8 Å². The van der Waals surface area contributed by atoms with Gasteiger partial charge in [0.15, 0.2) is 0 Å². The van der Waals surface area contributed by atoms with E-state index in [4.69, 9.17) is 0 Å². The first-order valence-corrected chi connectivity index (χ1v) is 6.33. The van der Waals surface area contributed by atoms with Crippen LogP contribution in [0.1, 0.15) is 10.4 Å². The minimum atomic E-state index is -1.02. The highest BCUT2D eigenvalue weighted by Gasteiger charge is 2.18. The summed E-state index contributed by atoms with van der Waals surface area (Å²) in [4.78, 5) is 19.4. The van der Waals surface area contributed by atoms with E-state index in [0.717, 1.165) is 5.56 Å². The molecule has 0 aromatic carbocycles. The second-order valence-electron chi connectivity index (χ2n) is 3.70. The second-order valence-corrected chi connectivity index (χ2v) is 4.48. The predicted octanol–water partition coefficient (Wildman–Crippen LogP) is 2.09. The number of nitrogens with zero attached hydrogens (tertiary/aromatic N) is 4. The van der Waals surface area contributed by atoms with Crippen LogP contribution >= 0.6 is 11.3 Å². The highest BCUT2D eigenvalue weighted by molar-refractivity contribution is 7.08. The lowest BCUT2D eigenvalue weighted by Gasteiger charge is -1.96. The Morgan fingerprint density at radius 1 is 1.32 bits per heavy atom. The molecule has 6 nitrogen and oxygen atoms in total. The number of thiophene rings is 1. The fourth-order valence-electron chi connectivity index (χ4n) is 1.65. The van der Waals surface area contributed by atoms with Gasteiger partial charge in [-0.25, -0.2) is 19.4 Å². The molecule has 19 heavy (non-hydrogen) atoms. The molecule has 0 aliphatic carbocycles. The van der Waals surface area contributed by atoms with Gasteiger partial charge >= 0.3 is 5.97 Å². The molecule has 0 aliphatic heterocycles. The van der Waals surface area contributed by atoms with Crippen molar-refractivity contribution >= 4 is 17.3 Å². The van der Waals surface area contributed by atoms with E-state index in [0.29, 0.717) is 11.6 Å². The zero-order chi connectivity index (χ0) is 13.2. The van der Waals surface area contributed by atoms with Gasteiger partial charge in [0.1, 0.15) is 11.3 Å². The molecule has 0 fully saturated rings. The Labute approximate surface area is 112 Å². The summed E-state index contributed by atoms with van der Waals surface area (Å²) in [6, 6.07) is 3.51. The van der Waals surface area contributed by atoms with Gasteiger partial charge in [-0.2, -0.15) is 16.4 Å². The average Bonchev–Trinajstić information content (AvgIpc) is 3.08. The molecule has 94 valence electrons. The van der Waals surface area contributed by atoms with E-state index in [1.165, 1.54) is 22.2 Å². The number of carbonyl (C=O) groups is 1. The lowest BCUT2D eigenvalue weighted by Crippen LogP contribution is -2.00. The van der Waals surface area contributed by atoms with Crippen LogP contribution < -0.4 is 0 Å². The zero-order valence-corrected chi connectivity index (χ0v) is 10.4. The minimum Gasteiger partial charge on any atom is -0.478 e. The monoisotopic (exact) mass is 272 g/mol. The average molecular weight is 272 g/mol. The van der Waals surface area contributed by atoms with Gasteiger partial charge in [-0.05, 0) is 17.5 Å². The van der Waals surface area contributed by atoms with Crippen molar-refractivity contribution in [2.24, 2.45) is 0 Å². The van der Waals surface area contributed by atoms with Gasteiger partial charge in [-0.1, -0.05) is 0 Å². The summed E-state index contributed by atoms with van der Waals surface area (Å²) in [6.07, 6.45) is 4.58. The first kappa shape index (κ1) is 11.5. The number of aromatic nitrogens is 4. The van der Waals surface area contributed by atoms with E-state index < -0.39 is 5.97 Å². The first-order valence-electron chi connectivity index (χ1n) is 5.38. The van der Waals surface area contributed by atoms with Crippen molar-refractivity contribution in [3.05, 3.63) is 47.0 Å². The molecule has 0 atom stereocenters. The number of hydrogen-bond donors (Lipinski definition) is 1. The Hall–Kier alpha value is -2.54. The van der Waals surface area contributed by atoms with Gasteiger partial charge in [0.2, 0.25) is 5.95 Å². The molecule has 3 heterocycles. The zero-order valence-electron chi connectivity index (χ0n) is 9.59. The van der Waals surface area contributed by atoms with Gasteiger partial charge < -0.3 is 5.11 Å². The largest absolute Gasteiger partial charge is 0.478 e. The molecule has 0 saturated heterocycles. The van der Waals surface area contributed by atoms with Gasteiger partial charge in [0.25, 0.3) is 0 Å². The van der Waals surface area contributed by atoms with E-state index in [1.54, 1.807) is 18.5 Å². The van der Waals surface area contributed by atoms with E-state index in [-0.39, 0.29) is 5.56 Å². The van der Waals surface area contributed by atoms with Crippen LogP contribution in [-0.2, 0) is 0 Å². The Bertz CT molecular complexity index is 707. The molecular formula is C12H8N4O2S. The third-order valence-corrected chi connectivity index (χ3v) is 3.18. The van der Waals surface area contributed by atoms with E-state index in [2.05, 4.69) is 15.1 Å². The standard InChI is InChI=1S/C12H8N4O2S/c17-11(18)9-6-16(12-13-3-1-4-14-12)15-10(9)8-2-5-19-7-8/h1-7H,(H,17,18). The molecule has 3 aromatic heterocycles. The van der Waals surface area contributed by atoms with Gasteiger partial charge in [0.05, 0.1) is 0 Å². The van der Waals surface area contributed by atoms with Crippen molar-refractivity contribution in [3.8, 4) is 17.2 Å². The number of aromatic carboxylic acids is 1. The van der Waals surface area contributed by atoms with Crippen LogP contribution in [0.5, 0.6) is 0 Å². The molecule has 0 spiro atoms. The van der Waals surface area contributed by atoms with Crippen molar-refractivity contribution in [3.63, 3.8) is 0 Å². The Kier molecular flexibility index (Phi) is 2.81. The normalized spacial score (nSPS) is 10.5. The Morgan fingerprint density at radius 3 is 2.74 bits per heavy atom. The molecule has 0 saturated carbocycles. The molecule has 1 N–H and O–H groups in total. The molecule has 3 aromatic rings. The highest BCUT2D eigenvalue weighted by Crippen LogP contribution is 2.25. The molecular weight excluding hydrogens is 264 g/mol. The van der Waals surface area contributed by atoms with E-state index >= 15 is 0 Å². The summed E-state index contributed by atoms with van der Waals surface area (Å²) in [5, 5.41) is 17.2. The molecule has 0 radical (unpaired) electrons. The van der Waals surface area contributed by atoms with E-state index in [9.17, 15) is 9.90 Å². The van der Waals surface area contributed by atoms with Crippen molar-refractivity contribution < 1.29 is 9.90 Å². The van der Waals surface area contributed by atoms with Crippen molar-refractivity contribution in [2.75, 3.05) is 0 Å². The molecule has 0 unspecified atom stereocenters. The van der Waals surface area contributed by atoms with Crippen molar-refractivity contribution in [1.82, 2.24) is 19.7 Å². The maximum absolute atomic E-state index is 11.3. The van der Waals surface area contributed by atoms with Gasteiger partial charge in [0, 0.05) is 29.5 Å². The summed E-state index contributed by atoms with van der Waals surface area (Å²) in [5.74, 6) is -0.685. The second kappa shape index (κ2) is 4.62. The smallest absolute Gasteiger partial charge is 0.339 e. The number of carboxylic acids is 1. The summed E-state index contributed by atoms with van der Waals surface area (Å²) in [6.45, 7) is 0. The van der Waals surface area contributed by atoms with Crippen LogP contribution in [0.25, 0.3) is 17.2 Å². The fraction of sp³-hybridized carbons (Fsp3) is 0. The van der Waals surface area contributed by atoms with Crippen LogP contribution in [-0.4, -0.2) is 30.8 Å². The Balaban J connectivity index is 2.15. The quantitative estimate of drug-likeness (QED) is 0.789. The highest BCUT2D eigenvalue weighted by atomic mass is 32.1. The Morgan fingerprint density at radius 2 is 2.11 bits per heavy atom. The molecule has 7 heteroatoms. The molecule has 0 amide bonds. The minimum absolute atomic E-state index is 0.130. The fourth-order valence-corrected chi connectivity index (χ4v) is 2.30. The number of hydrogen-bond acceptors (Lipinski definition) is 5. The SMILES string of the molecule is O=C(O)c1cn(-c2ncccn2)nc1-c1ccsc1. The van der Waals surface area contributed by atoms with Crippen LogP contribution in [0, 0.1) is 0 Å². The summed E-state index contributed by atoms with van der Waals surface area (Å²) >= 11 is 1.49. The number of carboxylic acid groups (broad SMARTS) is 1. The molecule has 0 aliphatic rings. The van der Waals surface area contributed by atoms with Crippen LogP contribution in [0.4, 0.5) is 0 Å². The topological polar surface area (TPSA) is 80.9 Å². The third kappa shape index (κ3) is 2.11. The lowest BCUT2D eigenvalue weighted by atomic mass is 10.1. The van der Waals surface area contributed by atoms with Crippen LogP contribution in [0.3, 0.4) is 0 Å². The summed E-state index contributed by atoms with van der Waals surface area (Å²) in [5.41, 5.74) is 1.32. The van der Waals surface area contributed by atoms with Crippen molar-refractivity contribution in [2.45, 2.75) is 0 Å². The van der Waals surface area contributed by atoms with Crippen molar-refractivity contribution in [1.29, 1.82) is 0 Å². The molecule has 3 rings (SSSR count). The third-order valence-electron chi connectivity index (χ3n) is 2.50. The first-order chi connectivity index (χ1) is 9.25. The lowest BCUT2D eigenvalue weighted by molar-refractivity contribution is 0.0697. The van der Waals surface area contributed by atoms with Gasteiger partial charge in [-0.15, -0.1) is 0 Å². The van der Waals surface area contributed by atoms with Crippen LogP contribution in [0.15, 0.2) is 41.5 Å². The van der Waals surface area contributed by atoms with Crippen LogP contribution in [0.2, 0.25) is 0 Å². The maximum Gasteiger partial charge on any atom is 0.339 e.